The fourth-order valence-corrected chi connectivity index (χ4v) is 3.71. The molecule has 2 rings (SSSR count). The molecule has 0 amide bonds. The average Bonchev–Trinajstić information content (AvgIpc) is 2.51. The van der Waals surface area contributed by atoms with E-state index in [0.29, 0.717) is 18.7 Å². The second-order valence-electron chi connectivity index (χ2n) is 5.89. The summed E-state index contributed by atoms with van der Waals surface area (Å²) < 4.78 is 23.3. The van der Waals surface area contributed by atoms with Gasteiger partial charge in [0, 0.05) is 31.5 Å². The molecule has 1 N–H and O–H groups in total. The van der Waals surface area contributed by atoms with Gasteiger partial charge in [0.05, 0.1) is 9.82 Å². The summed E-state index contributed by atoms with van der Waals surface area (Å²) in [5.74, 6) is 0. The van der Waals surface area contributed by atoms with E-state index < -0.39 is 14.8 Å². The highest BCUT2D eigenvalue weighted by molar-refractivity contribution is 7.90. The number of sulfone groups is 1. The molecule has 128 valence electrons. The van der Waals surface area contributed by atoms with Gasteiger partial charge in [-0.1, -0.05) is 0 Å². The predicted molar refractivity (Wildman–Crippen MR) is 87.5 cm³/mol. The molecule has 1 aliphatic heterocycles. The van der Waals surface area contributed by atoms with Gasteiger partial charge in [-0.2, -0.15) is 0 Å². The van der Waals surface area contributed by atoms with E-state index in [1.54, 1.807) is 0 Å². The molecule has 23 heavy (non-hydrogen) atoms. The van der Waals surface area contributed by atoms with Crippen LogP contribution in [0.3, 0.4) is 0 Å². The van der Waals surface area contributed by atoms with Gasteiger partial charge >= 0.3 is 0 Å². The quantitative estimate of drug-likeness (QED) is 0.628. The predicted octanol–water partition coefficient (Wildman–Crippen LogP) is 2.13. The Kier molecular flexibility index (Phi) is 5.59. The molecule has 0 radical (unpaired) electrons. The zero-order valence-electron chi connectivity index (χ0n) is 13.1. The first-order valence-electron chi connectivity index (χ1n) is 7.70. The minimum Gasteiger partial charge on any atom is -0.396 e. The summed E-state index contributed by atoms with van der Waals surface area (Å²) >= 11 is 0. The Balaban J connectivity index is 2.41. The molecule has 0 spiro atoms. The van der Waals surface area contributed by atoms with Crippen LogP contribution < -0.4 is 4.90 Å². The molecule has 0 saturated carbocycles. The number of hydrogen-bond acceptors (Lipinski definition) is 6. The van der Waals surface area contributed by atoms with Gasteiger partial charge in [-0.15, -0.1) is 0 Å². The van der Waals surface area contributed by atoms with Crippen LogP contribution >= 0.6 is 0 Å². The van der Waals surface area contributed by atoms with Crippen molar-refractivity contribution in [2.45, 2.75) is 43.0 Å². The summed E-state index contributed by atoms with van der Waals surface area (Å²) in [6, 6.07) is 4.24. The van der Waals surface area contributed by atoms with Crippen molar-refractivity contribution < 1.29 is 18.4 Å². The van der Waals surface area contributed by atoms with E-state index >= 15 is 0 Å². The average molecular weight is 342 g/mol. The number of nitro groups is 1. The monoisotopic (exact) mass is 342 g/mol. The molecule has 1 unspecified atom stereocenters. The molecule has 7 nitrogen and oxygen atoms in total. The van der Waals surface area contributed by atoms with Crippen molar-refractivity contribution in [2.24, 2.45) is 0 Å². The summed E-state index contributed by atoms with van der Waals surface area (Å²) in [4.78, 5) is 12.8. The van der Waals surface area contributed by atoms with Crippen LogP contribution in [-0.2, 0) is 9.84 Å². The molecule has 0 bridgehead atoms. The Bertz CT molecular complexity index is 674. The zero-order valence-corrected chi connectivity index (χ0v) is 14.0. The summed E-state index contributed by atoms with van der Waals surface area (Å²) in [6.45, 7) is 0.800. The molecule has 1 aromatic carbocycles. The van der Waals surface area contributed by atoms with Crippen molar-refractivity contribution in [3.63, 3.8) is 0 Å². The highest BCUT2D eigenvalue weighted by Gasteiger charge is 2.28. The molecule has 0 aliphatic carbocycles. The maximum atomic E-state index is 11.6. The van der Waals surface area contributed by atoms with E-state index in [1.165, 1.54) is 12.1 Å². The minimum absolute atomic E-state index is 0.0446. The van der Waals surface area contributed by atoms with Gasteiger partial charge < -0.3 is 10.0 Å². The van der Waals surface area contributed by atoms with Crippen LogP contribution in [0.25, 0.3) is 0 Å². The van der Waals surface area contributed by atoms with E-state index in [4.69, 9.17) is 5.11 Å². The van der Waals surface area contributed by atoms with Gasteiger partial charge in [-0.25, -0.2) is 8.42 Å². The molecule has 8 heteroatoms. The van der Waals surface area contributed by atoms with Crippen LogP contribution in [0.5, 0.6) is 0 Å². The number of benzene rings is 1. The number of nitro benzene ring substituents is 1. The molecule has 1 saturated heterocycles. The van der Waals surface area contributed by atoms with Crippen LogP contribution in [0.15, 0.2) is 23.1 Å². The van der Waals surface area contributed by atoms with Gasteiger partial charge in [0.15, 0.2) is 9.84 Å². The Morgan fingerprint density at radius 3 is 2.74 bits per heavy atom. The van der Waals surface area contributed by atoms with Gasteiger partial charge in [-0.3, -0.25) is 10.1 Å². The van der Waals surface area contributed by atoms with Crippen LogP contribution in [0.2, 0.25) is 0 Å². The largest absolute Gasteiger partial charge is 0.396 e. The summed E-state index contributed by atoms with van der Waals surface area (Å²) in [6.07, 6.45) is 5.38. The van der Waals surface area contributed by atoms with E-state index in [2.05, 4.69) is 0 Å². The van der Waals surface area contributed by atoms with Crippen molar-refractivity contribution >= 4 is 21.2 Å². The van der Waals surface area contributed by atoms with E-state index in [9.17, 15) is 18.5 Å². The Morgan fingerprint density at radius 2 is 2.13 bits per heavy atom. The normalized spacial score (nSPS) is 18.9. The Morgan fingerprint density at radius 1 is 1.39 bits per heavy atom. The van der Waals surface area contributed by atoms with Crippen molar-refractivity contribution in [3.05, 3.63) is 28.3 Å². The van der Waals surface area contributed by atoms with Crippen LogP contribution in [0.4, 0.5) is 11.4 Å². The first-order chi connectivity index (χ1) is 10.8. The van der Waals surface area contributed by atoms with Crippen LogP contribution in [0, 0.1) is 10.1 Å². The molecular weight excluding hydrogens is 320 g/mol. The molecule has 0 aromatic heterocycles. The lowest BCUT2D eigenvalue weighted by Crippen LogP contribution is -2.40. The first kappa shape index (κ1) is 17.7. The number of aliphatic hydroxyl groups excluding tert-OH is 1. The molecule has 1 aromatic rings. The van der Waals surface area contributed by atoms with Gasteiger partial charge in [0.1, 0.15) is 5.69 Å². The van der Waals surface area contributed by atoms with Crippen molar-refractivity contribution in [1.29, 1.82) is 0 Å². The topological polar surface area (TPSA) is 101 Å². The van der Waals surface area contributed by atoms with E-state index in [1.807, 2.05) is 4.90 Å². The molecule has 1 atom stereocenters. The molecule has 1 aliphatic rings. The number of hydrogen-bond donors (Lipinski definition) is 1. The van der Waals surface area contributed by atoms with Crippen LogP contribution in [0.1, 0.15) is 32.1 Å². The number of nitrogens with zero attached hydrogens (tertiary/aromatic N) is 2. The second-order valence-corrected chi connectivity index (χ2v) is 7.90. The number of aliphatic hydroxyl groups is 1. The molecule has 1 fully saturated rings. The van der Waals surface area contributed by atoms with Crippen molar-refractivity contribution in [2.75, 3.05) is 24.3 Å². The summed E-state index contributed by atoms with van der Waals surface area (Å²) in [7, 11) is -3.49. The minimum atomic E-state index is -3.49. The third-order valence-electron chi connectivity index (χ3n) is 4.20. The maximum absolute atomic E-state index is 11.6. The molecule has 1 heterocycles. The maximum Gasteiger partial charge on any atom is 0.293 e. The smallest absolute Gasteiger partial charge is 0.293 e. The fraction of sp³-hybridized carbons (Fsp3) is 0.600. The number of anilines is 1. The summed E-state index contributed by atoms with van der Waals surface area (Å²) in [5.41, 5.74) is 0.286. The lowest BCUT2D eigenvalue weighted by Gasteiger charge is -2.37. The number of piperidine rings is 1. The lowest BCUT2D eigenvalue weighted by atomic mass is 9.97. The Hall–Kier alpha value is -1.67. The second kappa shape index (κ2) is 7.27. The first-order valence-corrected chi connectivity index (χ1v) is 9.59. The molecular formula is C15H22N2O5S. The van der Waals surface area contributed by atoms with E-state index in [-0.39, 0.29) is 23.2 Å². The van der Waals surface area contributed by atoms with Crippen molar-refractivity contribution in [3.8, 4) is 0 Å². The van der Waals surface area contributed by atoms with Crippen LogP contribution in [-0.4, -0.2) is 43.9 Å². The van der Waals surface area contributed by atoms with Gasteiger partial charge in [-0.05, 0) is 44.2 Å². The highest BCUT2D eigenvalue weighted by Crippen LogP contribution is 2.35. The number of rotatable bonds is 6. The summed E-state index contributed by atoms with van der Waals surface area (Å²) in [5, 5.41) is 20.4. The lowest BCUT2D eigenvalue weighted by molar-refractivity contribution is -0.384. The standard InChI is InChI=1S/C15H22N2O5S/c1-23(21,22)13-7-8-14(15(11-13)17(19)20)16-9-3-2-5-12(16)6-4-10-18/h7-8,11-12,18H,2-6,9-10H2,1H3. The van der Waals surface area contributed by atoms with Gasteiger partial charge in [0.25, 0.3) is 5.69 Å². The van der Waals surface area contributed by atoms with Gasteiger partial charge in [0.2, 0.25) is 0 Å². The third kappa shape index (κ3) is 4.20. The fourth-order valence-electron chi connectivity index (χ4n) is 3.07. The van der Waals surface area contributed by atoms with E-state index in [0.717, 1.165) is 38.0 Å². The third-order valence-corrected chi connectivity index (χ3v) is 5.31. The zero-order chi connectivity index (χ0) is 17.0. The Labute approximate surface area is 136 Å². The highest BCUT2D eigenvalue weighted by atomic mass is 32.2. The SMILES string of the molecule is CS(=O)(=O)c1ccc(N2CCCCC2CCCO)c([N+](=O)[O-])c1. The van der Waals surface area contributed by atoms with Crippen molar-refractivity contribution in [1.82, 2.24) is 0 Å².